The molecule has 0 fully saturated rings. The smallest absolute Gasteiger partial charge is 0.119 e. The first-order valence-corrected chi connectivity index (χ1v) is 7.86. The Kier molecular flexibility index (Phi) is 6.98. The average Bonchev–Trinajstić information content (AvgIpc) is 2.42. The Bertz CT molecular complexity index is 382. The summed E-state index contributed by atoms with van der Waals surface area (Å²) in [5, 5.41) is 3.23. The Morgan fingerprint density at radius 2 is 2.22 bits per heavy atom. The van der Waals surface area contributed by atoms with Gasteiger partial charge >= 0.3 is 0 Å². The molecule has 0 amide bonds. The molecule has 4 heteroatoms. The van der Waals surface area contributed by atoms with Crippen molar-refractivity contribution in [2.24, 2.45) is 0 Å². The van der Waals surface area contributed by atoms with Crippen molar-refractivity contribution in [2.75, 3.05) is 25.7 Å². The van der Waals surface area contributed by atoms with Crippen LogP contribution >= 0.6 is 0 Å². The molecule has 1 aromatic carbocycles. The predicted molar refractivity (Wildman–Crippen MR) is 77.6 cm³/mol. The summed E-state index contributed by atoms with van der Waals surface area (Å²) in [6, 6.07) is 8.05. The second-order valence-corrected chi connectivity index (χ2v) is 5.90. The molecule has 0 heterocycles. The van der Waals surface area contributed by atoms with E-state index in [0.29, 0.717) is 5.75 Å². The molecule has 18 heavy (non-hydrogen) atoms. The third-order valence-electron chi connectivity index (χ3n) is 2.92. The van der Waals surface area contributed by atoms with Crippen molar-refractivity contribution in [3.05, 3.63) is 29.8 Å². The Balaban J connectivity index is 2.67. The summed E-state index contributed by atoms with van der Waals surface area (Å²) in [7, 11) is 2.80. The number of hydrogen-bond donors (Lipinski definition) is 1. The maximum absolute atomic E-state index is 11.9. The molecule has 0 radical (unpaired) electrons. The highest BCUT2D eigenvalue weighted by atomic mass is 32.2. The van der Waals surface area contributed by atoms with Gasteiger partial charge in [0.25, 0.3) is 0 Å². The van der Waals surface area contributed by atoms with Crippen LogP contribution in [0.1, 0.15) is 31.4 Å². The van der Waals surface area contributed by atoms with Gasteiger partial charge in [-0.1, -0.05) is 25.5 Å². The molecule has 2 atom stereocenters. The monoisotopic (exact) mass is 269 g/mol. The van der Waals surface area contributed by atoms with Gasteiger partial charge in [0.05, 0.1) is 7.11 Å². The number of methoxy groups -OCH3 is 1. The second-order valence-electron chi connectivity index (χ2n) is 4.28. The standard InChI is InChI=1S/C14H23NO2S/c1-4-5-9-18(16)11-14(15-2)12-7-6-8-13(10-12)17-3/h6-8,10,14-15H,4-5,9,11H2,1-3H3. The van der Waals surface area contributed by atoms with E-state index in [1.165, 1.54) is 0 Å². The molecule has 0 aliphatic carbocycles. The molecule has 0 aliphatic rings. The molecule has 0 spiro atoms. The van der Waals surface area contributed by atoms with Crippen LogP contribution in [-0.4, -0.2) is 29.9 Å². The summed E-state index contributed by atoms with van der Waals surface area (Å²) in [6.07, 6.45) is 2.12. The molecule has 1 N–H and O–H groups in total. The van der Waals surface area contributed by atoms with Gasteiger partial charge < -0.3 is 10.1 Å². The Morgan fingerprint density at radius 1 is 1.44 bits per heavy atom. The molecular weight excluding hydrogens is 246 g/mol. The predicted octanol–water partition coefficient (Wildman–Crippen LogP) is 2.50. The van der Waals surface area contributed by atoms with E-state index in [1.807, 2.05) is 31.3 Å². The molecule has 1 rings (SSSR count). The Morgan fingerprint density at radius 3 is 2.83 bits per heavy atom. The molecule has 0 saturated heterocycles. The third-order valence-corrected chi connectivity index (χ3v) is 4.37. The lowest BCUT2D eigenvalue weighted by molar-refractivity contribution is 0.413. The molecule has 0 saturated carbocycles. The van der Waals surface area contributed by atoms with Crippen molar-refractivity contribution < 1.29 is 8.95 Å². The van der Waals surface area contributed by atoms with Crippen molar-refractivity contribution >= 4 is 10.8 Å². The maximum Gasteiger partial charge on any atom is 0.119 e. The van der Waals surface area contributed by atoms with E-state index in [0.717, 1.165) is 29.9 Å². The molecule has 3 nitrogen and oxygen atoms in total. The second kappa shape index (κ2) is 8.27. The lowest BCUT2D eigenvalue weighted by Gasteiger charge is -2.17. The van der Waals surface area contributed by atoms with Crippen LogP contribution in [0.2, 0.25) is 0 Å². The van der Waals surface area contributed by atoms with Gasteiger partial charge in [-0.05, 0) is 31.2 Å². The number of benzene rings is 1. The lowest BCUT2D eigenvalue weighted by atomic mass is 10.1. The van der Waals surface area contributed by atoms with Crippen molar-refractivity contribution in [2.45, 2.75) is 25.8 Å². The summed E-state index contributed by atoms with van der Waals surface area (Å²) in [5.41, 5.74) is 1.13. The van der Waals surface area contributed by atoms with Crippen LogP contribution in [0.3, 0.4) is 0 Å². The van der Waals surface area contributed by atoms with E-state index >= 15 is 0 Å². The zero-order chi connectivity index (χ0) is 13.4. The summed E-state index contributed by atoms with van der Waals surface area (Å²) in [6.45, 7) is 2.12. The van der Waals surface area contributed by atoms with Gasteiger partial charge in [-0.2, -0.15) is 0 Å². The van der Waals surface area contributed by atoms with Crippen LogP contribution in [0, 0.1) is 0 Å². The first kappa shape index (κ1) is 15.2. The van der Waals surface area contributed by atoms with E-state index in [9.17, 15) is 4.21 Å². The van der Waals surface area contributed by atoms with Crippen LogP contribution in [-0.2, 0) is 10.8 Å². The third kappa shape index (κ3) is 4.78. The minimum atomic E-state index is -0.762. The Hall–Kier alpha value is -0.870. The SMILES string of the molecule is CCCCS(=O)CC(NC)c1cccc(OC)c1. The molecule has 0 bridgehead atoms. The molecule has 2 unspecified atom stereocenters. The van der Waals surface area contributed by atoms with Crippen LogP contribution in [0.25, 0.3) is 0 Å². The normalized spacial score (nSPS) is 14.2. The zero-order valence-corrected chi connectivity index (χ0v) is 12.3. The number of nitrogens with one attached hydrogen (secondary N) is 1. The number of ether oxygens (including phenoxy) is 1. The fraction of sp³-hybridized carbons (Fsp3) is 0.571. The van der Waals surface area contributed by atoms with Crippen LogP contribution in [0.15, 0.2) is 24.3 Å². The van der Waals surface area contributed by atoms with Gasteiger partial charge in [0, 0.05) is 28.3 Å². The number of rotatable bonds is 8. The van der Waals surface area contributed by atoms with Gasteiger partial charge in [0.15, 0.2) is 0 Å². The van der Waals surface area contributed by atoms with E-state index in [2.05, 4.69) is 12.2 Å². The number of hydrogen-bond acceptors (Lipinski definition) is 3. The molecule has 102 valence electrons. The van der Waals surface area contributed by atoms with Crippen LogP contribution in [0.5, 0.6) is 5.75 Å². The first-order valence-electron chi connectivity index (χ1n) is 6.37. The molecule has 0 aromatic heterocycles. The topological polar surface area (TPSA) is 38.3 Å². The zero-order valence-electron chi connectivity index (χ0n) is 11.4. The van der Waals surface area contributed by atoms with Crippen molar-refractivity contribution in [3.8, 4) is 5.75 Å². The molecule has 1 aromatic rings. The van der Waals surface area contributed by atoms with E-state index < -0.39 is 10.8 Å². The largest absolute Gasteiger partial charge is 0.497 e. The highest BCUT2D eigenvalue weighted by molar-refractivity contribution is 7.85. The highest BCUT2D eigenvalue weighted by Gasteiger charge is 2.13. The first-order chi connectivity index (χ1) is 8.71. The van der Waals surface area contributed by atoms with Crippen molar-refractivity contribution in [3.63, 3.8) is 0 Å². The summed E-state index contributed by atoms with van der Waals surface area (Å²) in [4.78, 5) is 0. The van der Waals surface area contributed by atoms with E-state index in [1.54, 1.807) is 7.11 Å². The Labute approximate surface area is 112 Å². The average molecular weight is 269 g/mol. The van der Waals surface area contributed by atoms with Crippen molar-refractivity contribution in [1.82, 2.24) is 5.32 Å². The fourth-order valence-corrected chi connectivity index (χ4v) is 3.29. The van der Waals surface area contributed by atoms with Gasteiger partial charge in [-0.15, -0.1) is 0 Å². The minimum Gasteiger partial charge on any atom is -0.497 e. The molecule has 0 aliphatic heterocycles. The van der Waals surface area contributed by atoms with Crippen LogP contribution in [0.4, 0.5) is 0 Å². The quantitative estimate of drug-likeness (QED) is 0.788. The molecular formula is C14H23NO2S. The highest BCUT2D eigenvalue weighted by Crippen LogP contribution is 2.19. The number of unbranched alkanes of at least 4 members (excludes halogenated alkanes) is 1. The van der Waals surface area contributed by atoms with Crippen LogP contribution < -0.4 is 10.1 Å². The van der Waals surface area contributed by atoms with Crippen molar-refractivity contribution in [1.29, 1.82) is 0 Å². The summed E-state index contributed by atoms with van der Waals surface area (Å²) >= 11 is 0. The summed E-state index contributed by atoms with van der Waals surface area (Å²) < 4.78 is 17.2. The van der Waals surface area contributed by atoms with Gasteiger partial charge in [-0.3, -0.25) is 4.21 Å². The van der Waals surface area contributed by atoms with Gasteiger partial charge in [-0.25, -0.2) is 0 Å². The lowest BCUT2D eigenvalue weighted by Crippen LogP contribution is -2.23. The van der Waals surface area contributed by atoms with E-state index in [4.69, 9.17) is 4.74 Å². The van der Waals surface area contributed by atoms with Gasteiger partial charge in [0.2, 0.25) is 0 Å². The van der Waals surface area contributed by atoms with E-state index in [-0.39, 0.29) is 6.04 Å². The summed E-state index contributed by atoms with van der Waals surface area (Å²) in [5.74, 6) is 2.29. The minimum absolute atomic E-state index is 0.123. The maximum atomic E-state index is 11.9. The van der Waals surface area contributed by atoms with Gasteiger partial charge in [0.1, 0.15) is 5.75 Å². The fourth-order valence-electron chi connectivity index (χ4n) is 1.78.